The van der Waals surface area contributed by atoms with Crippen molar-refractivity contribution in [2.45, 2.75) is 19.5 Å². The van der Waals surface area contributed by atoms with Crippen LogP contribution in [0.3, 0.4) is 0 Å². The number of hydrogen-bond acceptors (Lipinski definition) is 2. The van der Waals surface area contributed by atoms with Crippen LogP contribution in [0.15, 0.2) is 48.5 Å². The predicted molar refractivity (Wildman–Crippen MR) is 90.3 cm³/mol. The zero-order valence-electron chi connectivity index (χ0n) is 14.2. The highest BCUT2D eigenvalue weighted by Crippen LogP contribution is 2.19. The maximum absolute atomic E-state index is 13.0. The molecule has 1 unspecified atom stereocenters. The smallest absolute Gasteiger partial charge is 0.236 e. The van der Waals surface area contributed by atoms with Crippen molar-refractivity contribution in [2.75, 3.05) is 20.6 Å². The maximum Gasteiger partial charge on any atom is 0.236 e. The van der Waals surface area contributed by atoms with E-state index in [0.717, 1.165) is 11.1 Å². The number of hydrogen-bond donors (Lipinski definition) is 0. The zero-order valence-corrected chi connectivity index (χ0v) is 14.2. The normalized spacial score (nSPS) is 12.2. The SMILES string of the molecule is CC(c1ccc(F)cc1)N(C)CC(=O)N(C)Cc1ccc(F)cc1. The van der Waals surface area contributed by atoms with Gasteiger partial charge in [0.15, 0.2) is 0 Å². The largest absolute Gasteiger partial charge is 0.340 e. The third-order valence-corrected chi connectivity index (χ3v) is 4.16. The van der Waals surface area contributed by atoms with Gasteiger partial charge in [0.05, 0.1) is 6.54 Å². The fourth-order valence-electron chi connectivity index (χ4n) is 2.42. The van der Waals surface area contributed by atoms with Crippen LogP contribution in [0.5, 0.6) is 0 Å². The molecular weight excluding hydrogens is 310 g/mol. The number of likely N-dealkylation sites (N-methyl/N-ethyl adjacent to an activating group) is 2. The fraction of sp³-hybridized carbons (Fsp3) is 0.316. The zero-order chi connectivity index (χ0) is 17.7. The molecule has 0 saturated heterocycles. The summed E-state index contributed by atoms with van der Waals surface area (Å²) < 4.78 is 25.9. The van der Waals surface area contributed by atoms with Gasteiger partial charge >= 0.3 is 0 Å². The van der Waals surface area contributed by atoms with E-state index in [4.69, 9.17) is 0 Å². The standard InChI is InChI=1S/C19H22F2N2O/c1-14(16-6-10-18(21)11-7-16)22(2)13-19(24)23(3)12-15-4-8-17(20)9-5-15/h4-11,14H,12-13H2,1-3H3. The summed E-state index contributed by atoms with van der Waals surface area (Å²) in [6, 6.07) is 12.4. The summed E-state index contributed by atoms with van der Waals surface area (Å²) in [7, 11) is 3.58. The van der Waals surface area contributed by atoms with Crippen LogP contribution in [0, 0.1) is 11.6 Å². The Morgan fingerprint density at radius 1 is 0.958 bits per heavy atom. The van der Waals surface area contributed by atoms with Gasteiger partial charge < -0.3 is 4.90 Å². The summed E-state index contributed by atoms with van der Waals surface area (Å²) in [5, 5.41) is 0. The summed E-state index contributed by atoms with van der Waals surface area (Å²) in [4.78, 5) is 15.9. The van der Waals surface area contributed by atoms with Crippen LogP contribution in [-0.4, -0.2) is 36.3 Å². The molecule has 0 N–H and O–H groups in total. The molecule has 3 nitrogen and oxygen atoms in total. The predicted octanol–water partition coefficient (Wildman–Crippen LogP) is 3.62. The van der Waals surface area contributed by atoms with Crippen LogP contribution in [0.2, 0.25) is 0 Å². The average molecular weight is 332 g/mol. The van der Waals surface area contributed by atoms with E-state index in [9.17, 15) is 13.6 Å². The van der Waals surface area contributed by atoms with Gasteiger partial charge in [0, 0.05) is 19.6 Å². The van der Waals surface area contributed by atoms with Gasteiger partial charge in [-0.15, -0.1) is 0 Å². The Bertz CT molecular complexity index is 671. The van der Waals surface area contributed by atoms with Crippen molar-refractivity contribution in [1.29, 1.82) is 0 Å². The molecule has 5 heteroatoms. The molecule has 0 heterocycles. The molecule has 128 valence electrons. The third kappa shape index (κ3) is 4.86. The van der Waals surface area contributed by atoms with Crippen molar-refractivity contribution in [1.82, 2.24) is 9.80 Å². The summed E-state index contributed by atoms with van der Waals surface area (Å²) in [5.74, 6) is -0.597. The van der Waals surface area contributed by atoms with Crippen LogP contribution in [-0.2, 0) is 11.3 Å². The van der Waals surface area contributed by atoms with Crippen molar-refractivity contribution in [3.05, 3.63) is 71.3 Å². The highest BCUT2D eigenvalue weighted by molar-refractivity contribution is 5.78. The second-order valence-corrected chi connectivity index (χ2v) is 6.02. The number of nitrogens with zero attached hydrogens (tertiary/aromatic N) is 2. The Hall–Kier alpha value is -2.27. The van der Waals surface area contributed by atoms with Crippen molar-refractivity contribution in [2.24, 2.45) is 0 Å². The van der Waals surface area contributed by atoms with Gasteiger partial charge in [-0.1, -0.05) is 24.3 Å². The molecule has 0 saturated carbocycles. The third-order valence-electron chi connectivity index (χ3n) is 4.16. The molecule has 0 aliphatic carbocycles. The van der Waals surface area contributed by atoms with Gasteiger partial charge in [0.1, 0.15) is 11.6 Å². The molecule has 0 spiro atoms. The molecule has 2 aromatic carbocycles. The molecular formula is C19H22F2N2O. The summed E-state index contributed by atoms with van der Waals surface area (Å²) in [6.07, 6.45) is 0. The van der Waals surface area contributed by atoms with Gasteiger partial charge in [-0.05, 0) is 49.4 Å². The lowest BCUT2D eigenvalue weighted by Gasteiger charge is -2.27. The molecule has 0 aliphatic rings. The van der Waals surface area contributed by atoms with Crippen LogP contribution in [0.25, 0.3) is 0 Å². The Balaban J connectivity index is 1.92. The minimum Gasteiger partial charge on any atom is -0.340 e. The minimum absolute atomic E-state index is 0.00577. The Morgan fingerprint density at radius 2 is 1.46 bits per heavy atom. The monoisotopic (exact) mass is 332 g/mol. The topological polar surface area (TPSA) is 23.6 Å². The van der Waals surface area contributed by atoms with Crippen LogP contribution in [0.4, 0.5) is 8.78 Å². The summed E-state index contributed by atoms with van der Waals surface area (Å²) >= 11 is 0. The van der Waals surface area contributed by atoms with Crippen molar-refractivity contribution in [3.8, 4) is 0 Å². The Morgan fingerprint density at radius 3 is 2.00 bits per heavy atom. The first-order chi connectivity index (χ1) is 11.4. The van der Waals surface area contributed by atoms with E-state index < -0.39 is 0 Å². The molecule has 0 aliphatic heterocycles. The van der Waals surface area contributed by atoms with Crippen molar-refractivity contribution < 1.29 is 13.6 Å². The Kier molecular flexibility index (Phi) is 6.04. The molecule has 1 amide bonds. The number of halogens is 2. The van der Waals surface area contributed by atoms with E-state index in [-0.39, 0.29) is 30.1 Å². The fourth-order valence-corrected chi connectivity index (χ4v) is 2.42. The van der Waals surface area contributed by atoms with Gasteiger partial charge in [-0.3, -0.25) is 9.69 Å². The lowest BCUT2D eigenvalue weighted by atomic mass is 10.1. The van der Waals surface area contributed by atoms with E-state index in [1.165, 1.54) is 24.3 Å². The van der Waals surface area contributed by atoms with E-state index in [1.807, 2.05) is 18.9 Å². The second-order valence-electron chi connectivity index (χ2n) is 6.02. The minimum atomic E-state index is -0.291. The Labute approximate surface area is 141 Å². The highest BCUT2D eigenvalue weighted by Gasteiger charge is 2.17. The number of benzene rings is 2. The molecule has 24 heavy (non-hydrogen) atoms. The summed E-state index contributed by atoms with van der Waals surface area (Å²) in [5.41, 5.74) is 1.83. The van der Waals surface area contributed by atoms with E-state index in [1.54, 1.807) is 36.2 Å². The molecule has 0 radical (unpaired) electrons. The molecule has 2 aromatic rings. The summed E-state index contributed by atoms with van der Waals surface area (Å²) in [6.45, 7) is 2.65. The first-order valence-corrected chi connectivity index (χ1v) is 7.81. The molecule has 0 aromatic heterocycles. The molecule has 0 fully saturated rings. The molecule has 0 bridgehead atoms. The highest BCUT2D eigenvalue weighted by atomic mass is 19.1. The molecule has 1 atom stereocenters. The van der Waals surface area contributed by atoms with E-state index >= 15 is 0 Å². The van der Waals surface area contributed by atoms with Gasteiger partial charge in [-0.2, -0.15) is 0 Å². The van der Waals surface area contributed by atoms with E-state index in [0.29, 0.717) is 6.54 Å². The first kappa shape index (κ1) is 18.1. The number of carbonyl (C=O) groups excluding carboxylic acids is 1. The quantitative estimate of drug-likeness (QED) is 0.807. The van der Waals surface area contributed by atoms with Crippen LogP contribution in [0.1, 0.15) is 24.1 Å². The van der Waals surface area contributed by atoms with Crippen LogP contribution < -0.4 is 0 Å². The lowest BCUT2D eigenvalue weighted by molar-refractivity contribution is -0.131. The number of rotatable bonds is 6. The van der Waals surface area contributed by atoms with Gasteiger partial charge in [0.2, 0.25) is 5.91 Å². The van der Waals surface area contributed by atoms with Gasteiger partial charge in [-0.25, -0.2) is 8.78 Å². The number of carbonyl (C=O) groups is 1. The van der Waals surface area contributed by atoms with Crippen LogP contribution >= 0.6 is 0 Å². The van der Waals surface area contributed by atoms with Gasteiger partial charge in [0.25, 0.3) is 0 Å². The van der Waals surface area contributed by atoms with Crippen molar-refractivity contribution >= 4 is 5.91 Å². The second kappa shape index (κ2) is 8.02. The maximum atomic E-state index is 13.0. The lowest BCUT2D eigenvalue weighted by Crippen LogP contribution is -2.37. The first-order valence-electron chi connectivity index (χ1n) is 7.81. The number of amides is 1. The van der Waals surface area contributed by atoms with E-state index in [2.05, 4.69) is 0 Å². The average Bonchev–Trinajstić information content (AvgIpc) is 2.56. The molecule has 2 rings (SSSR count). The van der Waals surface area contributed by atoms with Crippen molar-refractivity contribution in [3.63, 3.8) is 0 Å².